The fourth-order valence-corrected chi connectivity index (χ4v) is 4.98. The molecule has 2 aromatic carbocycles. The molecule has 0 spiro atoms. The lowest BCUT2D eigenvalue weighted by atomic mass is 9.84. The van der Waals surface area contributed by atoms with Crippen LogP contribution >= 0.6 is 11.8 Å². The summed E-state index contributed by atoms with van der Waals surface area (Å²) in [5, 5.41) is 16.7. The number of esters is 1. The molecule has 9 nitrogen and oxygen atoms in total. The number of amides is 1. The predicted octanol–water partition coefficient (Wildman–Crippen LogP) is 5.07. The maximum Gasteiger partial charge on any atom is 0.337 e. The summed E-state index contributed by atoms with van der Waals surface area (Å²) in [6.45, 7) is 1.88. The molecule has 39 heavy (non-hydrogen) atoms. The van der Waals surface area contributed by atoms with E-state index in [2.05, 4.69) is 16.7 Å². The van der Waals surface area contributed by atoms with Crippen LogP contribution in [0.15, 0.2) is 87.5 Å². The number of methoxy groups -OCH3 is 2. The third kappa shape index (κ3) is 6.10. The number of anilines is 1. The lowest BCUT2D eigenvalue weighted by molar-refractivity contribution is -0.138. The van der Waals surface area contributed by atoms with Crippen molar-refractivity contribution in [3.05, 3.63) is 94.4 Å². The van der Waals surface area contributed by atoms with Crippen LogP contribution < -0.4 is 20.1 Å². The van der Waals surface area contributed by atoms with Gasteiger partial charge in [-0.2, -0.15) is 5.26 Å². The van der Waals surface area contributed by atoms with Crippen LogP contribution in [0.2, 0.25) is 0 Å². The fraction of sp³-hybridized carbons (Fsp3) is 0.207. The minimum absolute atomic E-state index is 0.0322. The minimum atomic E-state index is -0.829. The van der Waals surface area contributed by atoms with E-state index in [0.717, 1.165) is 17.3 Å². The molecule has 1 aliphatic rings. The standard InChI is InChI=1S/C29H27N3O6S/c1-4-37-29(34)26-25(23-11-8-14-38-23)20(16-30)28(32-27(26)18-9-6-5-7-10-18)39-17-24(33)31-21-15-19(35-2)12-13-22(21)36-3/h5-15,25,32H,4,17H2,1-3H3,(H,31,33). The molecule has 200 valence electrons. The number of carbonyl (C=O) groups is 2. The van der Waals surface area contributed by atoms with Gasteiger partial charge in [0.15, 0.2) is 0 Å². The molecule has 0 radical (unpaired) electrons. The number of allylic oxidation sites excluding steroid dienone is 1. The van der Waals surface area contributed by atoms with Crippen molar-refractivity contribution >= 4 is 35.0 Å². The zero-order valence-corrected chi connectivity index (χ0v) is 22.5. The van der Waals surface area contributed by atoms with Crippen molar-refractivity contribution in [2.24, 2.45) is 0 Å². The van der Waals surface area contributed by atoms with Crippen LogP contribution in [0, 0.1) is 11.3 Å². The van der Waals surface area contributed by atoms with Gasteiger partial charge in [0.1, 0.15) is 17.3 Å². The summed E-state index contributed by atoms with van der Waals surface area (Å²) >= 11 is 1.14. The van der Waals surface area contributed by atoms with E-state index in [1.54, 1.807) is 37.3 Å². The molecule has 1 aromatic heterocycles. The van der Waals surface area contributed by atoms with Crippen LogP contribution in [0.3, 0.4) is 0 Å². The van der Waals surface area contributed by atoms with Gasteiger partial charge in [0.25, 0.3) is 0 Å². The van der Waals surface area contributed by atoms with Gasteiger partial charge in [-0.3, -0.25) is 4.79 Å². The largest absolute Gasteiger partial charge is 0.497 e. The van der Waals surface area contributed by atoms with E-state index in [1.807, 2.05) is 30.3 Å². The lowest BCUT2D eigenvalue weighted by Gasteiger charge is -2.29. The number of hydrogen-bond acceptors (Lipinski definition) is 9. The van der Waals surface area contributed by atoms with Gasteiger partial charge in [-0.05, 0) is 36.8 Å². The summed E-state index contributed by atoms with van der Waals surface area (Å²) < 4.78 is 21.7. The van der Waals surface area contributed by atoms with Crippen molar-refractivity contribution in [3.8, 4) is 17.6 Å². The highest BCUT2D eigenvalue weighted by Gasteiger charge is 2.39. The number of nitrogens with one attached hydrogen (secondary N) is 2. The summed E-state index contributed by atoms with van der Waals surface area (Å²) in [5.74, 6) is -0.298. The molecule has 0 saturated carbocycles. The first-order chi connectivity index (χ1) is 19.0. The Morgan fingerprint density at radius 2 is 1.90 bits per heavy atom. The number of carbonyl (C=O) groups excluding carboxylic acids is 2. The maximum absolute atomic E-state index is 13.3. The van der Waals surface area contributed by atoms with Gasteiger partial charge in [-0.25, -0.2) is 4.79 Å². The quantitative estimate of drug-likeness (QED) is 0.336. The highest BCUT2D eigenvalue weighted by molar-refractivity contribution is 8.03. The monoisotopic (exact) mass is 545 g/mol. The maximum atomic E-state index is 13.3. The van der Waals surface area contributed by atoms with Crippen molar-refractivity contribution in [3.63, 3.8) is 0 Å². The van der Waals surface area contributed by atoms with E-state index in [-0.39, 0.29) is 29.4 Å². The van der Waals surface area contributed by atoms with Gasteiger partial charge in [0.2, 0.25) is 5.91 Å². The third-order valence-corrected chi connectivity index (χ3v) is 6.88. The Balaban J connectivity index is 1.69. The summed E-state index contributed by atoms with van der Waals surface area (Å²) in [4.78, 5) is 26.2. The second kappa shape index (κ2) is 12.8. The van der Waals surface area contributed by atoms with Crippen molar-refractivity contribution in [1.29, 1.82) is 5.26 Å². The van der Waals surface area contributed by atoms with Gasteiger partial charge in [0.05, 0.1) is 72.4 Å². The van der Waals surface area contributed by atoms with Crippen molar-refractivity contribution < 1.29 is 28.2 Å². The molecule has 2 N–H and O–H groups in total. The van der Waals surface area contributed by atoms with Crippen molar-refractivity contribution in [1.82, 2.24) is 5.32 Å². The minimum Gasteiger partial charge on any atom is -0.497 e. The Morgan fingerprint density at radius 3 is 2.54 bits per heavy atom. The fourth-order valence-electron chi connectivity index (χ4n) is 4.13. The van der Waals surface area contributed by atoms with Crippen molar-refractivity contribution in [2.45, 2.75) is 12.8 Å². The molecule has 1 amide bonds. The molecule has 0 bridgehead atoms. The van der Waals surface area contributed by atoms with Gasteiger partial charge >= 0.3 is 5.97 Å². The Morgan fingerprint density at radius 1 is 1.10 bits per heavy atom. The summed E-state index contributed by atoms with van der Waals surface area (Å²) in [7, 11) is 3.04. The van der Waals surface area contributed by atoms with Gasteiger partial charge < -0.3 is 29.3 Å². The molecule has 1 unspecified atom stereocenters. The van der Waals surface area contributed by atoms with Gasteiger partial charge in [-0.15, -0.1) is 0 Å². The summed E-state index contributed by atoms with van der Waals surface area (Å²) in [6, 6.07) is 20.0. The molecule has 1 aliphatic heterocycles. The Kier molecular flexibility index (Phi) is 8.97. The van der Waals surface area contributed by atoms with Crippen LogP contribution in [0.4, 0.5) is 5.69 Å². The normalized spacial score (nSPS) is 14.8. The van der Waals surface area contributed by atoms with Crippen LogP contribution in [0.5, 0.6) is 11.5 Å². The van der Waals surface area contributed by atoms with E-state index >= 15 is 0 Å². The Hall–Kier alpha value is -4.62. The number of furan rings is 1. The molecule has 0 saturated heterocycles. The molecule has 1 atom stereocenters. The number of ether oxygens (including phenoxy) is 3. The second-order valence-electron chi connectivity index (χ2n) is 8.21. The van der Waals surface area contributed by atoms with Crippen LogP contribution in [-0.4, -0.2) is 38.5 Å². The Labute approximate surface area is 230 Å². The van der Waals surface area contributed by atoms with E-state index in [0.29, 0.717) is 33.7 Å². The molecule has 3 aromatic rings. The molecular formula is C29H27N3O6S. The number of rotatable bonds is 10. The van der Waals surface area contributed by atoms with Crippen LogP contribution in [-0.2, 0) is 14.3 Å². The highest BCUT2D eigenvalue weighted by Crippen LogP contribution is 2.43. The van der Waals surface area contributed by atoms with E-state index in [4.69, 9.17) is 18.6 Å². The van der Waals surface area contributed by atoms with Crippen LogP contribution in [0.25, 0.3) is 5.70 Å². The summed E-state index contributed by atoms with van der Waals surface area (Å²) in [5.41, 5.74) is 2.15. The number of nitriles is 1. The van der Waals surface area contributed by atoms with E-state index in [9.17, 15) is 14.9 Å². The average Bonchev–Trinajstić information content (AvgIpc) is 3.50. The average molecular weight is 546 g/mol. The van der Waals surface area contributed by atoms with Crippen molar-refractivity contribution in [2.75, 3.05) is 31.9 Å². The first-order valence-electron chi connectivity index (χ1n) is 12.1. The third-order valence-electron chi connectivity index (χ3n) is 5.86. The Bertz CT molecular complexity index is 1440. The topological polar surface area (TPSA) is 123 Å². The highest BCUT2D eigenvalue weighted by atomic mass is 32.2. The number of nitrogens with zero attached hydrogens (tertiary/aromatic N) is 1. The number of benzene rings is 2. The first kappa shape index (κ1) is 27.4. The molecule has 0 fully saturated rings. The molecule has 2 heterocycles. The van der Waals surface area contributed by atoms with Gasteiger partial charge in [-0.1, -0.05) is 42.1 Å². The van der Waals surface area contributed by atoms with Crippen LogP contribution in [0.1, 0.15) is 24.2 Å². The lowest BCUT2D eigenvalue weighted by Crippen LogP contribution is -2.29. The smallest absolute Gasteiger partial charge is 0.337 e. The zero-order valence-electron chi connectivity index (χ0n) is 21.6. The first-order valence-corrected chi connectivity index (χ1v) is 13.0. The molecule has 0 aliphatic carbocycles. The molecule has 10 heteroatoms. The molecule has 4 rings (SSSR count). The van der Waals surface area contributed by atoms with E-state index < -0.39 is 11.9 Å². The summed E-state index contributed by atoms with van der Waals surface area (Å²) in [6.07, 6.45) is 1.49. The zero-order chi connectivity index (χ0) is 27.8. The molecular weight excluding hydrogens is 518 g/mol. The van der Waals surface area contributed by atoms with Gasteiger partial charge in [0, 0.05) is 6.07 Å². The number of thioether (sulfide) groups is 1. The predicted molar refractivity (Wildman–Crippen MR) is 148 cm³/mol. The number of dihydropyridines is 1. The number of hydrogen-bond donors (Lipinski definition) is 2. The SMILES string of the molecule is CCOC(=O)C1=C(c2ccccc2)NC(SCC(=O)Nc2cc(OC)ccc2OC)=C(C#N)C1c1ccco1. The second-order valence-corrected chi connectivity index (χ2v) is 9.19. The van der Waals surface area contributed by atoms with E-state index in [1.165, 1.54) is 20.5 Å².